The molecule has 1 N–H and O–H groups in total. The Morgan fingerprint density at radius 3 is 2.61 bits per heavy atom. The Labute approximate surface area is 106 Å². The summed E-state index contributed by atoms with van der Waals surface area (Å²) >= 11 is 0. The van der Waals surface area contributed by atoms with Gasteiger partial charge in [0, 0.05) is 6.61 Å². The van der Waals surface area contributed by atoms with Gasteiger partial charge < -0.3 is 19.3 Å². The van der Waals surface area contributed by atoms with Gasteiger partial charge in [-0.2, -0.15) is 0 Å². The number of carbonyl (C=O) groups is 1. The van der Waals surface area contributed by atoms with E-state index >= 15 is 0 Å². The van der Waals surface area contributed by atoms with Crippen LogP contribution in [0.3, 0.4) is 0 Å². The molecule has 0 heterocycles. The van der Waals surface area contributed by atoms with Crippen molar-refractivity contribution in [3.8, 4) is 5.75 Å². The standard InChI is InChI=1S/C13H18O5/c1-2-16-9-10-17-8-7-11-5-3-4-6-12(11)18-13(14)15/h3-6H,2,7-10H2,1H3,(H,14,15). The Morgan fingerprint density at radius 1 is 1.17 bits per heavy atom. The Hall–Kier alpha value is -1.59. The summed E-state index contributed by atoms with van der Waals surface area (Å²) in [6.07, 6.45) is -0.699. The second-order valence-electron chi connectivity index (χ2n) is 3.53. The summed E-state index contributed by atoms with van der Waals surface area (Å²) in [6.45, 7) is 4.23. The highest BCUT2D eigenvalue weighted by Gasteiger charge is 2.06. The molecule has 5 nitrogen and oxygen atoms in total. The van der Waals surface area contributed by atoms with Crippen molar-refractivity contribution in [1.29, 1.82) is 0 Å². The van der Waals surface area contributed by atoms with Crippen molar-refractivity contribution in [2.75, 3.05) is 26.4 Å². The van der Waals surface area contributed by atoms with E-state index in [0.29, 0.717) is 38.6 Å². The zero-order chi connectivity index (χ0) is 13.2. The number of hydrogen-bond acceptors (Lipinski definition) is 4. The Kier molecular flexibility index (Phi) is 6.83. The number of carboxylic acid groups (broad SMARTS) is 1. The molecule has 0 aromatic heterocycles. The van der Waals surface area contributed by atoms with Crippen molar-refractivity contribution < 1.29 is 24.1 Å². The first-order chi connectivity index (χ1) is 8.74. The summed E-state index contributed by atoms with van der Waals surface area (Å²) in [7, 11) is 0. The molecular formula is C13H18O5. The molecule has 0 spiro atoms. The molecule has 5 heteroatoms. The summed E-state index contributed by atoms with van der Waals surface area (Å²) in [5, 5.41) is 8.59. The molecule has 1 rings (SSSR count). The van der Waals surface area contributed by atoms with E-state index in [1.54, 1.807) is 12.1 Å². The first kappa shape index (κ1) is 14.5. The van der Waals surface area contributed by atoms with Gasteiger partial charge in [0.1, 0.15) is 5.75 Å². The fraction of sp³-hybridized carbons (Fsp3) is 0.462. The van der Waals surface area contributed by atoms with Crippen LogP contribution in [0, 0.1) is 0 Å². The van der Waals surface area contributed by atoms with E-state index in [4.69, 9.17) is 14.6 Å². The van der Waals surface area contributed by atoms with Gasteiger partial charge in [0.2, 0.25) is 0 Å². The maximum Gasteiger partial charge on any atom is 0.511 e. The molecular weight excluding hydrogens is 236 g/mol. The second-order valence-corrected chi connectivity index (χ2v) is 3.53. The smallest absolute Gasteiger partial charge is 0.449 e. The van der Waals surface area contributed by atoms with E-state index in [1.807, 2.05) is 19.1 Å². The van der Waals surface area contributed by atoms with E-state index < -0.39 is 6.16 Å². The first-order valence-electron chi connectivity index (χ1n) is 5.88. The summed E-state index contributed by atoms with van der Waals surface area (Å²) in [5.74, 6) is 0.360. The highest BCUT2D eigenvalue weighted by molar-refractivity contribution is 5.62. The maximum absolute atomic E-state index is 10.5. The average Bonchev–Trinajstić information content (AvgIpc) is 2.35. The number of ether oxygens (including phenoxy) is 3. The monoisotopic (exact) mass is 254 g/mol. The predicted molar refractivity (Wildman–Crippen MR) is 66.1 cm³/mol. The lowest BCUT2D eigenvalue weighted by molar-refractivity contribution is 0.0539. The largest absolute Gasteiger partial charge is 0.511 e. The molecule has 0 aliphatic rings. The molecule has 0 aliphatic carbocycles. The molecule has 1 aromatic rings. The van der Waals surface area contributed by atoms with Crippen LogP contribution in [-0.4, -0.2) is 37.7 Å². The van der Waals surface area contributed by atoms with Crippen LogP contribution in [0.2, 0.25) is 0 Å². The quantitative estimate of drug-likeness (QED) is 0.438. The summed E-state index contributed by atoms with van der Waals surface area (Å²) in [5.41, 5.74) is 0.816. The molecule has 18 heavy (non-hydrogen) atoms. The normalized spacial score (nSPS) is 10.3. The van der Waals surface area contributed by atoms with E-state index in [2.05, 4.69) is 4.74 Å². The van der Waals surface area contributed by atoms with Crippen LogP contribution in [0.4, 0.5) is 4.79 Å². The molecule has 0 amide bonds. The van der Waals surface area contributed by atoms with Gasteiger partial charge >= 0.3 is 6.16 Å². The van der Waals surface area contributed by atoms with Crippen LogP contribution in [0.25, 0.3) is 0 Å². The van der Waals surface area contributed by atoms with Gasteiger partial charge in [-0.25, -0.2) is 4.79 Å². The van der Waals surface area contributed by atoms with E-state index in [1.165, 1.54) is 0 Å². The predicted octanol–water partition coefficient (Wildman–Crippen LogP) is 2.34. The number of para-hydroxylation sites is 1. The minimum Gasteiger partial charge on any atom is -0.449 e. The average molecular weight is 254 g/mol. The number of rotatable bonds is 8. The maximum atomic E-state index is 10.5. The highest BCUT2D eigenvalue weighted by atomic mass is 16.7. The Morgan fingerprint density at radius 2 is 1.89 bits per heavy atom. The molecule has 0 unspecified atom stereocenters. The summed E-state index contributed by atoms with van der Waals surface area (Å²) in [6, 6.07) is 7.02. The lowest BCUT2D eigenvalue weighted by Gasteiger charge is -2.08. The lowest BCUT2D eigenvalue weighted by Crippen LogP contribution is -2.09. The number of hydrogen-bond donors (Lipinski definition) is 1. The van der Waals surface area contributed by atoms with Crippen LogP contribution in [0.5, 0.6) is 5.75 Å². The Balaban J connectivity index is 2.34. The molecule has 1 aromatic carbocycles. The fourth-order valence-electron chi connectivity index (χ4n) is 1.45. The molecule has 0 atom stereocenters. The van der Waals surface area contributed by atoms with Gasteiger partial charge in [0.05, 0.1) is 19.8 Å². The third-order valence-corrected chi connectivity index (χ3v) is 2.26. The third kappa shape index (κ3) is 5.65. The second kappa shape index (κ2) is 8.49. The van der Waals surface area contributed by atoms with Gasteiger partial charge in [0.15, 0.2) is 0 Å². The van der Waals surface area contributed by atoms with Crippen molar-refractivity contribution >= 4 is 6.16 Å². The topological polar surface area (TPSA) is 65.0 Å². The van der Waals surface area contributed by atoms with Crippen molar-refractivity contribution in [3.05, 3.63) is 29.8 Å². The van der Waals surface area contributed by atoms with Gasteiger partial charge in [-0.05, 0) is 25.0 Å². The molecule has 100 valence electrons. The zero-order valence-electron chi connectivity index (χ0n) is 10.4. The third-order valence-electron chi connectivity index (χ3n) is 2.26. The Bertz CT molecular complexity index is 364. The minimum absolute atomic E-state index is 0.360. The van der Waals surface area contributed by atoms with Gasteiger partial charge in [-0.15, -0.1) is 0 Å². The molecule has 0 radical (unpaired) electrons. The van der Waals surface area contributed by atoms with E-state index in [0.717, 1.165) is 5.56 Å². The van der Waals surface area contributed by atoms with Gasteiger partial charge in [0.25, 0.3) is 0 Å². The summed E-state index contributed by atoms with van der Waals surface area (Å²) in [4.78, 5) is 10.5. The molecule has 0 fully saturated rings. The van der Waals surface area contributed by atoms with Gasteiger partial charge in [-0.3, -0.25) is 0 Å². The SMILES string of the molecule is CCOCCOCCc1ccccc1OC(=O)O. The van der Waals surface area contributed by atoms with Crippen molar-refractivity contribution in [2.24, 2.45) is 0 Å². The van der Waals surface area contributed by atoms with Crippen LogP contribution in [0.15, 0.2) is 24.3 Å². The van der Waals surface area contributed by atoms with E-state index in [-0.39, 0.29) is 0 Å². The fourth-order valence-corrected chi connectivity index (χ4v) is 1.45. The molecule has 0 saturated heterocycles. The van der Waals surface area contributed by atoms with E-state index in [9.17, 15) is 4.79 Å². The minimum atomic E-state index is -1.31. The van der Waals surface area contributed by atoms with Crippen molar-refractivity contribution in [2.45, 2.75) is 13.3 Å². The first-order valence-corrected chi connectivity index (χ1v) is 5.88. The zero-order valence-corrected chi connectivity index (χ0v) is 10.4. The van der Waals surface area contributed by atoms with Crippen LogP contribution >= 0.6 is 0 Å². The van der Waals surface area contributed by atoms with Crippen molar-refractivity contribution in [3.63, 3.8) is 0 Å². The lowest BCUT2D eigenvalue weighted by atomic mass is 10.1. The molecule has 0 aliphatic heterocycles. The highest BCUT2D eigenvalue weighted by Crippen LogP contribution is 2.18. The van der Waals surface area contributed by atoms with Gasteiger partial charge in [-0.1, -0.05) is 18.2 Å². The summed E-state index contributed by atoms with van der Waals surface area (Å²) < 4.78 is 15.2. The van der Waals surface area contributed by atoms with Crippen LogP contribution in [0.1, 0.15) is 12.5 Å². The van der Waals surface area contributed by atoms with Crippen LogP contribution < -0.4 is 4.74 Å². The van der Waals surface area contributed by atoms with Crippen LogP contribution in [-0.2, 0) is 15.9 Å². The number of benzene rings is 1. The molecule has 0 saturated carbocycles. The van der Waals surface area contributed by atoms with Crippen molar-refractivity contribution in [1.82, 2.24) is 0 Å². The molecule has 0 bridgehead atoms.